The number of carbonyl (C=O) groups excluding carboxylic acids is 5. The van der Waals surface area contributed by atoms with Crippen molar-refractivity contribution < 1.29 is 39.3 Å². The Morgan fingerprint density at radius 2 is 1.69 bits per heavy atom. The maximum atomic E-state index is 13.7. The highest BCUT2D eigenvalue weighted by Crippen LogP contribution is 2.54. The molecular formula is C26H21NO8. The molecule has 9 nitrogen and oxygen atoms in total. The Morgan fingerprint density at radius 3 is 2.34 bits per heavy atom. The van der Waals surface area contributed by atoms with E-state index in [9.17, 15) is 39.3 Å². The number of Topliss-reactive ketones (excluding diaryl/α,β-unsaturated/α-hetero) is 4. The first-order valence-corrected chi connectivity index (χ1v) is 11.0. The van der Waals surface area contributed by atoms with Crippen molar-refractivity contribution in [2.45, 2.75) is 18.1 Å². The van der Waals surface area contributed by atoms with E-state index < -0.39 is 76.6 Å². The average molecular weight is 475 g/mol. The molecule has 0 aromatic heterocycles. The van der Waals surface area contributed by atoms with Crippen molar-refractivity contribution in [2.24, 2.45) is 29.4 Å². The molecule has 1 amide bonds. The molecule has 2 saturated carbocycles. The van der Waals surface area contributed by atoms with Crippen molar-refractivity contribution in [1.29, 1.82) is 0 Å². The van der Waals surface area contributed by atoms with Gasteiger partial charge in [0, 0.05) is 18.3 Å². The minimum atomic E-state index is -2.95. The van der Waals surface area contributed by atoms with Gasteiger partial charge in [0.05, 0.1) is 17.6 Å². The van der Waals surface area contributed by atoms with Crippen LogP contribution in [0.3, 0.4) is 0 Å². The molecule has 9 heteroatoms. The number of phenolic OH excluding ortho intramolecular Hbond substituents is 1. The van der Waals surface area contributed by atoms with Gasteiger partial charge in [-0.3, -0.25) is 24.0 Å². The number of hydrogen-bond donors (Lipinski definition) is 4. The Hall–Kier alpha value is -3.95. The van der Waals surface area contributed by atoms with E-state index in [1.165, 1.54) is 12.1 Å². The Balaban J connectivity index is 1.75. The van der Waals surface area contributed by atoms with Crippen LogP contribution in [0, 0.1) is 23.7 Å². The van der Waals surface area contributed by atoms with Gasteiger partial charge in [0.1, 0.15) is 5.75 Å². The molecule has 2 fully saturated rings. The topological polar surface area (TPSA) is 172 Å². The van der Waals surface area contributed by atoms with Gasteiger partial charge in [0.2, 0.25) is 5.91 Å². The second-order valence-corrected chi connectivity index (χ2v) is 9.18. The number of fused-ring (bicyclic) bond motifs is 3. The minimum Gasteiger partial charge on any atom is -0.507 e. The zero-order valence-electron chi connectivity index (χ0n) is 18.3. The third-order valence-corrected chi connectivity index (χ3v) is 7.36. The number of phenols is 1. The highest BCUT2D eigenvalue weighted by molar-refractivity contribution is 6.32. The lowest BCUT2D eigenvalue weighted by Crippen LogP contribution is -2.72. The molecule has 0 bridgehead atoms. The summed E-state index contributed by atoms with van der Waals surface area (Å²) in [5.74, 6) is -12.7. The number of primary amides is 1. The van der Waals surface area contributed by atoms with Gasteiger partial charge in [0.15, 0.2) is 34.7 Å². The van der Waals surface area contributed by atoms with E-state index in [0.717, 1.165) is 0 Å². The van der Waals surface area contributed by atoms with Gasteiger partial charge >= 0.3 is 0 Å². The van der Waals surface area contributed by atoms with Gasteiger partial charge in [0.25, 0.3) is 0 Å². The van der Waals surface area contributed by atoms with E-state index in [2.05, 4.69) is 0 Å². The molecule has 35 heavy (non-hydrogen) atoms. The molecule has 6 atom stereocenters. The molecule has 2 aromatic rings. The van der Waals surface area contributed by atoms with Gasteiger partial charge in [-0.05, 0) is 22.8 Å². The zero-order chi connectivity index (χ0) is 25.2. The number of rotatable bonds is 2. The zero-order valence-corrected chi connectivity index (χ0v) is 18.3. The summed E-state index contributed by atoms with van der Waals surface area (Å²) < 4.78 is 0. The van der Waals surface area contributed by atoms with Crippen molar-refractivity contribution >= 4 is 40.7 Å². The van der Waals surface area contributed by atoms with Crippen molar-refractivity contribution in [1.82, 2.24) is 0 Å². The Kier molecular flexibility index (Phi) is 5.08. The van der Waals surface area contributed by atoms with Crippen LogP contribution in [0.4, 0.5) is 0 Å². The number of nitrogens with two attached hydrogens (primary N) is 1. The predicted octanol–water partition coefficient (Wildman–Crippen LogP) is 0.296. The first-order valence-electron chi connectivity index (χ1n) is 11.0. The molecule has 0 aliphatic heterocycles. The first kappa shape index (κ1) is 22.8. The molecule has 0 saturated heterocycles. The Bertz CT molecular complexity index is 1350. The van der Waals surface area contributed by atoms with Crippen LogP contribution < -0.4 is 5.73 Å². The van der Waals surface area contributed by atoms with Gasteiger partial charge in [-0.15, -0.1) is 0 Å². The molecule has 6 unspecified atom stereocenters. The summed E-state index contributed by atoms with van der Waals surface area (Å²) >= 11 is 0. The fraction of sp³-hybridized carbons (Fsp3) is 0.269. The summed E-state index contributed by atoms with van der Waals surface area (Å²) in [7, 11) is 0. The number of amides is 1. The van der Waals surface area contributed by atoms with Gasteiger partial charge in [-0.2, -0.15) is 0 Å². The highest BCUT2D eigenvalue weighted by Gasteiger charge is 2.69. The fourth-order valence-corrected chi connectivity index (χ4v) is 5.76. The Morgan fingerprint density at radius 1 is 1.00 bits per heavy atom. The van der Waals surface area contributed by atoms with Crippen LogP contribution in [0.2, 0.25) is 0 Å². The SMILES string of the molecule is NC(=O)C1C(=O)CC2C(O)C3C(=Cc4ccccc4)c4cccc(O)c4C(=O)C3C(=O)C2(O)C1=O. The van der Waals surface area contributed by atoms with Crippen molar-refractivity contribution in [3.8, 4) is 5.75 Å². The maximum Gasteiger partial charge on any atom is 0.235 e. The summed E-state index contributed by atoms with van der Waals surface area (Å²) in [6.45, 7) is 0. The van der Waals surface area contributed by atoms with Gasteiger partial charge in [-0.1, -0.05) is 48.5 Å². The largest absolute Gasteiger partial charge is 0.507 e. The molecule has 178 valence electrons. The predicted molar refractivity (Wildman–Crippen MR) is 120 cm³/mol. The highest BCUT2D eigenvalue weighted by atomic mass is 16.3. The number of aromatic hydroxyl groups is 1. The molecule has 0 spiro atoms. The fourth-order valence-electron chi connectivity index (χ4n) is 5.76. The van der Waals surface area contributed by atoms with Crippen LogP contribution in [-0.2, 0) is 19.2 Å². The number of benzene rings is 2. The van der Waals surface area contributed by atoms with Crippen LogP contribution in [0.5, 0.6) is 5.75 Å². The number of carbonyl (C=O) groups is 5. The standard InChI is InChI=1S/C26H21NO8/c27-25(34)19-16(29)10-14-21(30)18-13(9-11-5-2-1-3-6-11)12-7-4-8-15(28)17(12)22(31)20(18)24(33)26(14,35)23(19)32/h1-9,14,18-21,28,30,35H,10H2,(H2,27,34). The third-order valence-electron chi connectivity index (χ3n) is 7.36. The van der Waals surface area contributed by atoms with Crippen LogP contribution in [0.15, 0.2) is 48.5 Å². The number of ketones is 4. The van der Waals surface area contributed by atoms with E-state index in [-0.39, 0.29) is 5.56 Å². The lowest BCUT2D eigenvalue weighted by molar-refractivity contribution is -0.185. The van der Waals surface area contributed by atoms with Crippen molar-refractivity contribution in [2.75, 3.05) is 0 Å². The number of aliphatic hydroxyl groups is 2. The normalized spacial score (nSPS) is 33.2. The minimum absolute atomic E-state index is 0.177. The van der Waals surface area contributed by atoms with Gasteiger partial charge in [-0.25, -0.2) is 0 Å². The summed E-state index contributed by atoms with van der Waals surface area (Å²) in [4.78, 5) is 64.6. The second-order valence-electron chi connectivity index (χ2n) is 9.18. The number of aliphatic hydroxyl groups excluding tert-OH is 1. The first-order chi connectivity index (χ1) is 16.6. The van der Waals surface area contributed by atoms with Crippen LogP contribution >= 0.6 is 0 Å². The molecule has 3 aliphatic carbocycles. The van der Waals surface area contributed by atoms with E-state index in [4.69, 9.17) is 5.73 Å². The summed E-state index contributed by atoms with van der Waals surface area (Å²) in [6.07, 6.45) is -0.660. The molecule has 2 aromatic carbocycles. The lowest BCUT2D eigenvalue weighted by atomic mass is 9.51. The van der Waals surface area contributed by atoms with Crippen LogP contribution in [-0.4, -0.2) is 56.1 Å². The lowest BCUT2D eigenvalue weighted by Gasteiger charge is -2.51. The molecule has 0 radical (unpaired) electrons. The van der Waals surface area contributed by atoms with E-state index in [1.54, 1.807) is 42.5 Å². The molecule has 5 rings (SSSR count). The number of hydrogen-bond acceptors (Lipinski definition) is 8. The molecular weight excluding hydrogens is 454 g/mol. The monoisotopic (exact) mass is 475 g/mol. The summed E-state index contributed by atoms with van der Waals surface area (Å²) in [5, 5.41) is 33.2. The summed E-state index contributed by atoms with van der Waals surface area (Å²) in [5.41, 5.74) is 3.36. The maximum absolute atomic E-state index is 13.7. The smallest absolute Gasteiger partial charge is 0.235 e. The van der Waals surface area contributed by atoms with Crippen LogP contribution in [0.25, 0.3) is 11.6 Å². The quantitative estimate of drug-likeness (QED) is 0.449. The van der Waals surface area contributed by atoms with E-state index >= 15 is 0 Å². The third kappa shape index (κ3) is 3.05. The van der Waals surface area contributed by atoms with E-state index in [0.29, 0.717) is 16.7 Å². The van der Waals surface area contributed by atoms with Crippen molar-refractivity contribution in [3.05, 3.63) is 65.2 Å². The summed E-state index contributed by atoms with van der Waals surface area (Å²) in [6, 6.07) is 13.2. The van der Waals surface area contributed by atoms with Crippen molar-refractivity contribution in [3.63, 3.8) is 0 Å². The molecule has 3 aliphatic rings. The molecule has 0 heterocycles. The van der Waals surface area contributed by atoms with Crippen LogP contribution in [0.1, 0.15) is 27.9 Å². The van der Waals surface area contributed by atoms with Gasteiger partial charge < -0.3 is 21.1 Å². The van der Waals surface area contributed by atoms with E-state index in [1.807, 2.05) is 0 Å². The molecule has 5 N–H and O–H groups in total. The average Bonchev–Trinajstić information content (AvgIpc) is 2.81. The second kappa shape index (κ2) is 7.79. The Labute approximate surface area is 198 Å².